The number of aliphatic hydroxyl groups is 2. The first kappa shape index (κ1) is 17.3. The van der Waals surface area contributed by atoms with Crippen molar-refractivity contribution < 1.29 is 29.3 Å². The van der Waals surface area contributed by atoms with Crippen LogP contribution in [-0.2, 0) is 14.3 Å². The SMILES string of the molecule is CC(C)(C)C(=O)OC[C@@H]1O[C@@H](n2cnc(C(N)=O)n2)[C@@H](O)[C@H]1O. The highest BCUT2D eigenvalue weighted by Crippen LogP contribution is 2.29. The van der Waals surface area contributed by atoms with Crippen LogP contribution in [0.25, 0.3) is 0 Å². The van der Waals surface area contributed by atoms with E-state index >= 15 is 0 Å². The van der Waals surface area contributed by atoms with Crippen LogP contribution in [0.2, 0.25) is 0 Å². The Labute approximate surface area is 132 Å². The van der Waals surface area contributed by atoms with E-state index in [1.54, 1.807) is 20.8 Å². The molecule has 4 N–H and O–H groups in total. The van der Waals surface area contributed by atoms with Gasteiger partial charge in [-0.3, -0.25) is 9.59 Å². The third-order valence-corrected chi connectivity index (χ3v) is 3.32. The number of esters is 1. The van der Waals surface area contributed by atoms with Crippen LogP contribution in [0.1, 0.15) is 37.6 Å². The monoisotopic (exact) mass is 328 g/mol. The minimum atomic E-state index is -1.32. The number of nitrogens with two attached hydrogens (primary N) is 1. The molecular formula is C13H20N4O6. The number of ether oxygens (including phenoxy) is 2. The van der Waals surface area contributed by atoms with Gasteiger partial charge in [0.25, 0.3) is 5.91 Å². The van der Waals surface area contributed by atoms with Gasteiger partial charge in [0.2, 0.25) is 5.82 Å². The molecule has 1 fully saturated rings. The molecule has 0 aliphatic carbocycles. The van der Waals surface area contributed by atoms with E-state index in [2.05, 4.69) is 10.1 Å². The molecule has 1 amide bonds. The Kier molecular flexibility index (Phi) is 4.68. The Morgan fingerprint density at radius 3 is 2.57 bits per heavy atom. The van der Waals surface area contributed by atoms with Crippen LogP contribution in [0, 0.1) is 5.41 Å². The number of carbonyl (C=O) groups is 2. The van der Waals surface area contributed by atoms with Gasteiger partial charge in [0.05, 0.1) is 5.41 Å². The number of nitrogens with zero attached hydrogens (tertiary/aromatic N) is 3. The van der Waals surface area contributed by atoms with E-state index in [0.717, 1.165) is 11.0 Å². The molecule has 4 atom stereocenters. The van der Waals surface area contributed by atoms with E-state index in [-0.39, 0.29) is 12.4 Å². The summed E-state index contributed by atoms with van der Waals surface area (Å²) in [5.41, 5.74) is 4.36. The van der Waals surface area contributed by atoms with Gasteiger partial charge in [-0.2, -0.15) is 0 Å². The van der Waals surface area contributed by atoms with Gasteiger partial charge in [0, 0.05) is 0 Å². The number of hydrogen-bond donors (Lipinski definition) is 3. The molecule has 0 aromatic carbocycles. The standard InChI is InChI=1S/C13H20N4O6/c1-13(2,3)12(21)22-4-6-7(18)8(19)11(23-6)17-5-15-10(16-17)9(14)20/h5-8,11,18-19H,4H2,1-3H3,(H2,14,20)/t6-,7-,8-,11+/m0/s1. The Morgan fingerprint density at radius 2 is 2.04 bits per heavy atom. The minimum Gasteiger partial charge on any atom is -0.462 e. The zero-order valence-electron chi connectivity index (χ0n) is 13.0. The number of rotatable bonds is 4. The number of carbonyl (C=O) groups excluding carboxylic acids is 2. The van der Waals surface area contributed by atoms with E-state index in [0.29, 0.717) is 0 Å². The van der Waals surface area contributed by atoms with Gasteiger partial charge >= 0.3 is 5.97 Å². The Morgan fingerprint density at radius 1 is 1.39 bits per heavy atom. The number of amides is 1. The quantitative estimate of drug-likeness (QED) is 0.570. The number of aromatic nitrogens is 3. The van der Waals surface area contributed by atoms with Gasteiger partial charge < -0.3 is 25.4 Å². The molecular weight excluding hydrogens is 308 g/mol. The average Bonchev–Trinajstić information content (AvgIpc) is 3.03. The van der Waals surface area contributed by atoms with Crippen molar-refractivity contribution in [2.75, 3.05) is 6.61 Å². The van der Waals surface area contributed by atoms with E-state index < -0.39 is 41.8 Å². The van der Waals surface area contributed by atoms with E-state index in [4.69, 9.17) is 15.2 Å². The van der Waals surface area contributed by atoms with Gasteiger partial charge in [0.15, 0.2) is 6.23 Å². The minimum absolute atomic E-state index is 0.220. The van der Waals surface area contributed by atoms with Gasteiger partial charge in [-0.15, -0.1) is 5.10 Å². The summed E-state index contributed by atoms with van der Waals surface area (Å²) in [6, 6.07) is 0. The Hall–Kier alpha value is -2.04. The topological polar surface area (TPSA) is 150 Å². The molecule has 0 unspecified atom stereocenters. The average molecular weight is 328 g/mol. The van der Waals surface area contributed by atoms with Crippen molar-refractivity contribution in [3.05, 3.63) is 12.2 Å². The van der Waals surface area contributed by atoms with Crippen molar-refractivity contribution in [1.82, 2.24) is 14.8 Å². The van der Waals surface area contributed by atoms with Crippen LogP contribution in [0.4, 0.5) is 0 Å². The van der Waals surface area contributed by atoms with Crippen molar-refractivity contribution in [3.63, 3.8) is 0 Å². The third kappa shape index (κ3) is 3.66. The van der Waals surface area contributed by atoms with Crippen molar-refractivity contribution in [2.45, 2.75) is 45.3 Å². The molecule has 2 heterocycles. The van der Waals surface area contributed by atoms with Gasteiger partial charge in [-0.05, 0) is 20.8 Å². The molecule has 2 rings (SSSR count). The number of primary amides is 1. The maximum atomic E-state index is 11.7. The highest BCUT2D eigenvalue weighted by Gasteiger charge is 2.45. The highest BCUT2D eigenvalue weighted by molar-refractivity contribution is 5.88. The zero-order valence-corrected chi connectivity index (χ0v) is 13.0. The predicted octanol–water partition coefficient (Wildman–Crippen LogP) is -1.41. The first-order valence-corrected chi connectivity index (χ1v) is 7.01. The summed E-state index contributed by atoms with van der Waals surface area (Å²) in [5.74, 6) is -1.52. The second-order valence-electron chi connectivity index (χ2n) is 6.31. The molecule has 0 bridgehead atoms. The molecule has 128 valence electrons. The van der Waals surface area contributed by atoms with Crippen LogP contribution in [-0.4, -0.2) is 61.8 Å². The smallest absolute Gasteiger partial charge is 0.311 e. The molecule has 0 saturated carbocycles. The third-order valence-electron chi connectivity index (χ3n) is 3.32. The summed E-state index contributed by atoms with van der Waals surface area (Å²) in [6.07, 6.45) is -3.44. The fourth-order valence-electron chi connectivity index (χ4n) is 1.97. The fourth-order valence-corrected chi connectivity index (χ4v) is 1.97. The summed E-state index contributed by atoms with van der Waals surface area (Å²) >= 11 is 0. The molecule has 1 saturated heterocycles. The molecule has 1 aliphatic rings. The summed E-state index contributed by atoms with van der Waals surface area (Å²) < 4.78 is 11.6. The molecule has 0 radical (unpaired) electrons. The van der Waals surface area contributed by atoms with Crippen LogP contribution < -0.4 is 5.73 Å². The van der Waals surface area contributed by atoms with Crippen LogP contribution in [0.3, 0.4) is 0 Å². The zero-order chi connectivity index (χ0) is 17.4. The molecule has 1 aliphatic heterocycles. The maximum Gasteiger partial charge on any atom is 0.311 e. The van der Waals surface area contributed by atoms with Crippen molar-refractivity contribution in [1.29, 1.82) is 0 Å². The van der Waals surface area contributed by atoms with Crippen molar-refractivity contribution in [3.8, 4) is 0 Å². The lowest BCUT2D eigenvalue weighted by molar-refractivity contribution is -0.159. The second-order valence-corrected chi connectivity index (χ2v) is 6.31. The lowest BCUT2D eigenvalue weighted by Crippen LogP contribution is -2.35. The molecule has 23 heavy (non-hydrogen) atoms. The summed E-state index contributed by atoms with van der Waals surface area (Å²) in [5, 5.41) is 23.8. The summed E-state index contributed by atoms with van der Waals surface area (Å²) in [7, 11) is 0. The second kappa shape index (κ2) is 6.22. The van der Waals surface area contributed by atoms with E-state index in [1.807, 2.05) is 0 Å². The maximum absolute atomic E-state index is 11.7. The molecule has 1 aromatic rings. The van der Waals surface area contributed by atoms with Gasteiger partial charge in [0.1, 0.15) is 31.2 Å². The Balaban J connectivity index is 2.03. The molecule has 0 spiro atoms. The Bertz CT molecular complexity index is 596. The van der Waals surface area contributed by atoms with E-state index in [1.165, 1.54) is 0 Å². The number of aliphatic hydroxyl groups excluding tert-OH is 2. The van der Waals surface area contributed by atoms with Crippen LogP contribution in [0.5, 0.6) is 0 Å². The summed E-state index contributed by atoms with van der Waals surface area (Å²) in [6.45, 7) is 4.86. The molecule has 10 heteroatoms. The normalized spacial score (nSPS) is 27.9. The lowest BCUT2D eigenvalue weighted by atomic mass is 9.97. The highest BCUT2D eigenvalue weighted by atomic mass is 16.6. The first-order chi connectivity index (χ1) is 10.6. The van der Waals surface area contributed by atoms with E-state index in [9.17, 15) is 19.8 Å². The summed E-state index contributed by atoms with van der Waals surface area (Å²) in [4.78, 5) is 26.4. The van der Waals surface area contributed by atoms with Crippen molar-refractivity contribution >= 4 is 11.9 Å². The molecule has 10 nitrogen and oxygen atoms in total. The van der Waals surface area contributed by atoms with Crippen LogP contribution in [0.15, 0.2) is 6.33 Å². The fraction of sp³-hybridized carbons (Fsp3) is 0.692. The van der Waals surface area contributed by atoms with Crippen LogP contribution >= 0.6 is 0 Å². The molecule has 1 aromatic heterocycles. The largest absolute Gasteiger partial charge is 0.462 e. The number of hydrogen-bond acceptors (Lipinski definition) is 8. The predicted molar refractivity (Wildman–Crippen MR) is 74.9 cm³/mol. The van der Waals surface area contributed by atoms with Gasteiger partial charge in [-0.1, -0.05) is 0 Å². The first-order valence-electron chi connectivity index (χ1n) is 7.01. The van der Waals surface area contributed by atoms with Gasteiger partial charge in [-0.25, -0.2) is 9.67 Å². The van der Waals surface area contributed by atoms with Crippen molar-refractivity contribution in [2.24, 2.45) is 11.1 Å². The lowest BCUT2D eigenvalue weighted by Gasteiger charge is -2.20.